The molecule has 2 amide bonds. The van der Waals surface area contributed by atoms with E-state index in [4.69, 9.17) is 11.6 Å². The minimum absolute atomic E-state index is 0.0127. The van der Waals surface area contributed by atoms with Crippen molar-refractivity contribution in [2.45, 2.75) is 13.8 Å². The highest BCUT2D eigenvalue weighted by molar-refractivity contribution is 6.33. The standard InChI is InChI=1S/C23H29ClN4O2/c1-3-27(4-2)23(30)18-9-11-19(12-10-18)25-22(29)17-26-13-15-28(16-14-26)21-8-6-5-7-20(21)24/h5-12H,3-4,13-17H2,1-2H3,(H,25,29)/p+1. The van der Waals surface area contributed by atoms with Crippen LogP contribution in [0.25, 0.3) is 0 Å². The number of quaternary nitrogens is 1. The van der Waals surface area contributed by atoms with Crippen LogP contribution >= 0.6 is 11.6 Å². The minimum atomic E-state index is -0.0148. The summed E-state index contributed by atoms with van der Waals surface area (Å²) in [5.74, 6) is -0.00211. The molecule has 6 nitrogen and oxygen atoms in total. The summed E-state index contributed by atoms with van der Waals surface area (Å²) in [5, 5.41) is 3.71. The zero-order valence-electron chi connectivity index (χ0n) is 17.7. The molecule has 1 fully saturated rings. The minimum Gasteiger partial charge on any atom is -0.359 e. The highest BCUT2D eigenvalue weighted by Gasteiger charge is 2.23. The highest BCUT2D eigenvalue weighted by atomic mass is 35.5. The van der Waals surface area contributed by atoms with Gasteiger partial charge in [0, 0.05) is 24.3 Å². The molecule has 0 radical (unpaired) electrons. The summed E-state index contributed by atoms with van der Waals surface area (Å²) in [4.78, 5) is 30.1. The lowest BCUT2D eigenvalue weighted by molar-refractivity contribution is -0.892. The van der Waals surface area contributed by atoms with Gasteiger partial charge in [0.15, 0.2) is 6.54 Å². The summed E-state index contributed by atoms with van der Waals surface area (Å²) in [6, 6.07) is 15.0. The van der Waals surface area contributed by atoms with E-state index in [0.29, 0.717) is 30.9 Å². The number of carbonyl (C=O) groups excluding carboxylic acids is 2. The van der Waals surface area contributed by atoms with Crippen LogP contribution in [0.15, 0.2) is 48.5 Å². The van der Waals surface area contributed by atoms with E-state index >= 15 is 0 Å². The number of benzene rings is 2. The molecule has 160 valence electrons. The second kappa shape index (κ2) is 10.5. The quantitative estimate of drug-likeness (QED) is 0.709. The third-order valence-corrected chi connectivity index (χ3v) is 5.86. The Morgan fingerprint density at radius 3 is 2.27 bits per heavy atom. The molecule has 0 aromatic heterocycles. The largest absolute Gasteiger partial charge is 0.359 e. The molecule has 1 heterocycles. The number of para-hydroxylation sites is 1. The zero-order valence-corrected chi connectivity index (χ0v) is 18.4. The van der Waals surface area contributed by atoms with Crippen LogP contribution in [-0.4, -0.2) is 62.5 Å². The lowest BCUT2D eigenvalue weighted by Gasteiger charge is -2.33. The number of carbonyl (C=O) groups is 2. The molecule has 1 saturated heterocycles. The van der Waals surface area contributed by atoms with Crippen molar-refractivity contribution in [3.63, 3.8) is 0 Å². The normalized spacial score (nSPS) is 14.4. The molecule has 0 bridgehead atoms. The van der Waals surface area contributed by atoms with Crippen molar-refractivity contribution < 1.29 is 14.5 Å². The maximum Gasteiger partial charge on any atom is 0.279 e. The van der Waals surface area contributed by atoms with E-state index in [9.17, 15) is 9.59 Å². The van der Waals surface area contributed by atoms with E-state index in [1.807, 2.05) is 38.1 Å². The van der Waals surface area contributed by atoms with E-state index in [1.165, 1.54) is 4.90 Å². The molecule has 0 unspecified atom stereocenters. The van der Waals surface area contributed by atoms with Crippen molar-refractivity contribution in [3.8, 4) is 0 Å². The number of hydrogen-bond donors (Lipinski definition) is 2. The van der Waals surface area contributed by atoms with Crippen LogP contribution in [0.5, 0.6) is 0 Å². The lowest BCUT2D eigenvalue weighted by atomic mass is 10.1. The number of piperazine rings is 1. The summed E-state index contributed by atoms with van der Waals surface area (Å²) >= 11 is 6.30. The van der Waals surface area contributed by atoms with Crippen molar-refractivity contribution in [2.75, 3.05) is 56.0 Å². The molecule has 2 N–H and O–H groups in total. The predicted molar refractivity (Wildman–Crippen MR) is 122 cm³/mol. The van der Waals surface area contributed by atoms with Gasteiger partial charge in [-0.05, 0) is 50.2 Å². The Labute approximate surface area is 183 Å². The van der Waals surface area contributed by atoms with Crippen LogP contribution in [0.1, 0.15) is 24.2 Å². The summed E-state index contributed by atoms with van der Waals surface area (Å²) < 4.78 is 0. The van der Waals surface area contributed by atoms with Gasteiger partial charge < -0.3 is 20.0 Å². The topological polar surface area (TPSA) is 57.1 Å². The first-order chi connectivity index (χ1) is 14.5. The van der Waals surface area contributed by atoms with Gasteiger partial charge >= 0.3 is 0 Å². The fourth-order valence-corrected chi connectivity index (χ4v) is 4.03. The van der Waals surface area contributed by atoms with Crippen LogP contribution in [0, 0.1) is 0 Å². The summed E-state index contributed by atoms with van der Waals surface area (Å²) in [7, 11) is 0. The van der Waals surface area contributed by atoms with Gasteiger partial charge in [-0.3, -0.25) is 9.59 Å². The van der Waals surface area contributed by atoms with Gasteiger partial charge in [0.25, 0.3) is 11.8 Å². The predicted octanol–water partition coefficient (Wildman–Crippen LogP) is 2.17. The smallest absolute Gasteiger partial charge is 0.279 e. The van der Waals surface area contributed by atoms with E-state index < -0.39 is 0 Å². The summed E-state index contributed by atoms with van der Waals surface area (Å²) in [6.45, 7) is 9.23. The molecule has 2 aromatic rings. The van der Waals surface area contributed by atoms with Crippen molar-refractivity contribution in [3.05, 3.63) is 59.1 Å². The van der Waals surface area contributed by atoms with Gasteiger partial charge in [-0.1, -0.05) is 23.7 Å². The van der Waals surface area contributed by atoms with Gasteiger partial charge in [0.2, 0.25) is 0 Å². The molecule has 1 aliphatic rings. The van der Waals surface area contributed by atoms with Crippen LogP contribution in [0.4, 0.5) is 11.4 Å². The first kappa shape index (κ1) is 22.1. The number of nitrogens with zero attached hydrogens (tertiary/aromatic N) is 2. The number of hydrogen-bond acceptors (Lipinski definition) is 3. The SMILES string of the molecule is CCN(CC)C(=O)c1ccc(NC(=O)C[NH+]2CCN(c3ccccc3Cl)CC2)cc1. The fraction of sp³-hybridized carbons (Fsp3) is 0.391. The van der Waals surface area contributed by atoms with Crippen LogP contribution in [-0.2, 0) is 4.79 Å². The number of nitrogens with one attached hydrogen (secondary N) is 2. The van der Waals surface area contributed by atoms with Crippen molar-refractivity contribution >= 4 is 34.8 Å². The van der Waals surface area contributed by atoms with Gasteiger partial charge in [0.05, 0.1) is 36.9 Å². The molecule has 0 atom stereocenters. The van der Waals surface area contributed by atoms with Gasteiger partial charge in [-0.2, -0.15) is 0 Å². The summed E-state index contributed by atoms with van der Waals surface area (Å²) in [5.41, 5.74) is 2.41. The molecule has 2 aromatic carbocycles. The van der Waals surface area contributed by atoms with E-state index in [1.54, 1.807) is 29.2 Å². The van der Waals surface area contributed by atoms with E-state index in [-0.39, 0.29) is 11.8 Å². The van der Waals surface area contributed by atoms with Gasteiger partial charge in [-0.25, -0.2) is 0 Å². The summed E-state index contributed by atoms with van der Waals surface area (Å²) in [6.07, 6.45) is 0. The van der Waals surface area contributed by atoms with Crippen molar-refractivity contribution in [1.29, 1.82) is 0 Å². The first-order valence-corrected chi connectivity index (χ1v) is 10.9. The molecular formula is C23H30ClN4O2+. The monoisotopic (exact) mass is 429 g/mol. The van der Waals surface area contributed by atoms with Crippen molar-refractivity contribution in [2.24, 2.45) is 0 Å². The van der Waals surface area contributed by atoms with E-state index in [2.05, 4.69) is 10.2 Å². The number of anilines is 2. The Morgan fingerprint density at radius 1 is 1.03 bits per heavy atom. The zero-order chi connectivity index (χ0) is 21.5. The first-order valence-electron chi connectivity index (χ1n) is 10.5. The Kier molecular flexibility index (Phi) is 7.71. The number of halogens is 1. The highest BCUT2D eigenvalue weighted by Crippen LogP contribution is 2.24. The Hall–Kier alpha value is -2.57. The van der Waals surface area contributed by atoms with E-state index in [0.717, 1.165) is 36.9 Å². The molecule has 0 saturated carbocycles. The Bertz CT molecular complexity index is 860. The van der Waals surface area contributed by atoms with Crippen molar-refractivity contribution in [1.82, 2.24) is 4.90 Å². The van der Waals surface area contributed by atoms with Crippen LogP contribution in [0.2, 0.25) is 5.02 Å². The molecule has 0 spiro atoms. The molecule has 1 aliphatic heterocycles. The second-order valence-electron chi connectivity index (χ2n) is 7.47. The maximum atomic E-state index is 12.5. The van der Waals surface area contributed by atoms with Crippen LogP contribution in [0.3, 0.4) is 0 Å². The molecule has 0 aliphatic carbocycles. The molecule has 30 heavy (non-hydrogen) atoms. The third-order valence-electron chi connectivity index (χ3n) is 5.54. The molecule has 7 heteroatoms. The molecule has 3 rings (SSSR count). The third kappa shape index (κ3) is 5.52. The second-order valence-corrected chi connectivity index (χ2v) is 7.88. The number of amides is 2. The number of rotatable bonds is 7. The fourth-order valence-electron chi connectivity index (χ4n) is 3.77. The Balaban J connectivity index is 1.48. The van der Waals surface area contributed by atoms with Crippen LogP contribution < -0.4 is 15.1 Å². The average molecular weight is 430 g/mol. The Morgan fingerprint density at radius 2 is 1.67 bits per heavy atom. The average Bonchev–Trinajstić information content (AvgIpc) is 2.76. The molecular weight excluding hydrogens is 400 g/mol. The lowest BCUT2D eigenvalue weighted by Crippen LogP contribution is -3.15. The van der Waals surface area contributed by atoms with Gasteiger partial charge in [-0.15, -0.1) is 0 Å². The maximum absolute atomic E-state index is 12.5. The van der Waals surface area contributed by atoms with Gasteiger partial charge in [0.1, 0.15) is 0 Å².